The number of phenolic OH excluding ortho intramolecular Hbond substituents is 1. The average molecular weight is 279 g/mol. The Labute approximate surface area is 123 Å². The molecule has 4 rings (SSSR count). The first kappa shape index (κ1) is 12.3. The van der Waals surface area contributed by atoms with Gasteiger partial charge in [0.05, 0.1) is 6.61 Å². The van der Waals surface area contributed by atoms with Crippen molar-refractivity contribution >= 4 is 10.9 Å². The summed E-state index contributed by atoms with van der Waals surface area (Å²) in [7, 11) is 0. The second kappa shape index (κ2) is 4.55. The molecule has 1 unspecified atom stereocenters. The number of aromatic amines is 1. The molecule has 3 aromatic rings. The van der Waals surface area contributed by atoms with Crippen molar-refractivity contribution in [3.8, 4) is 11.5 Å². The normalized spacial score (nSPS) is 14.9. The van der Waals surface area contributed by atoms with Gasteiger partial charge in [-0.3, -0.25) is 0 Å². The Balaban J connectivity index is 1.81. The lowest BCUT2D eigenvalue weighted by atomic mass is 9.91. The molecule has 0 radical (unpaired) electrons. The first-order valence-corrected chi connectivity index (χ1v) is 7.28. The summed E-state index contributed by atoms with van der Waals surface area (Å²) in [6.07, 6.45) is 2.98. The summed E-state index contributed by atoms with van der Waals surface area (Å²) in [5.41, 5.74) is 4.63. The van der Waals surface area contributed by atoms with Gasteiger partial charge < -0.3 is 14.8 Å². The summed E-state index contributed by atoms with van der Waals surface area (Å²) in [5, 5.41) is 11.1. The van der Waals surface area contributed by atoms with E-state index in [0.29, 0.717) is 5.75 Å². The highest BCUT2D eigenvalue weighted by Gasteiger charge is 2.18. The topological polar surface area (TPSA) is 45.2 Å². The Bertz CT molecular complexity index is 819. The fourth-order valence-corrected chi connectivity index (χ4v) is 3.19. The van der Waals surface area contributed by atoms with Crippen LogP contribution >= 0.6 is 0 Å². The second-order valence-corrected chi connectivity index (χ2v) is 5.63. The van der Waals surface area contributed by atoms with Crippen LogP contribution in [-0.4, -0.2) is 16.7 Å². The Morgan fingerprint density at radius 3 is 3.05 bits per heavy atom. The van der Waals surface area contributed by atoms with E-state index in [2.05, 4.69) is 30.1 Å². The van der Waals surface area contributed by atoms with Gasteiger partial charge >= 0.3 is 0 Å². The van der Waals surface area contributed by atoms with Gasteiger partial charge in [0.15, 0.2) is 0 Å². The van der Waals surface area contributed by atoms with E-state index < -0.39 is 0 Å². The summed E-state index contributed by atoms with van der Waals surface area (Å²) in [6, 6.07) is 12.0. The molecule has 1 aliphatic rings. The molecule has 3 heteroatoms. The van der Waals surface area contributed by atoms with Crippen molar-refractivity contribution in [1.29, 1.82) is 0 Å². The van der Waals surface area contributed by atoms with Crippen molar-refractivity contribution in [1.82, 2.24) is 4.98 Å². The number of phenols is 1. The van der Waals surface area contributed by atoms with Gasteiger partial charge in [0.1, 0.15) is 11.5 Å². The summed E-state index contributed by atoms with van der Waals surface area (Å²) >= 11 is 0. The van der Waals surface area contributed by atoms with E-state index in [9.17, 15) is 5.11 Å². The zero-order valence-electron chi connectivity index (χ0n) is 11.9. The molecule has 0 bridgehead atoms. The van der Waals surface area contributed by atoms with Crippen molar-refractivity contribution in [2.75, 3.05) is 6.61 Å². The van der Waals surface area contributed by atoms with Gasteiger partial charge in [-0.15, -0.1) is 0 Å². The van der Waals surface area contributed by atoms with Crippen LogP contribution in [0.15, 0.2) is 42.6 Å². The highest BCUT2D eigenvalue weighted by atomic mass is 16.5. The molecule has 21 heavy (non-hydrogen) atoms. The van der Waals surface area contributed by atoms with E-state index in [1.54, 1.807) is 6.07 Å². The lowest BCUT2D eigenvalue weighted by Crippen LogP contribution is -1.96. The van der Waals surface area contributed by atoms with Crippen LogP contribution < -0.4 is 4.74 Å². The first-order valence-electron chi connectivity index (χ1n) is 7.28. The Morgan fingerprint density at radius 2 is 2.14 bits per heavy atom. The molecule has 0 spiro atoms. The van der Waals surface area contributed by atoms with Crippen molar-refractivity contribution in [2.45, 2.75) is 19.3 Å². The zero-order valence-corrected chi connectivity index (χ0v) is 11.9. The number of aromatic hydroxyl groups is 1. The van der Waals surface area contributed by atoms with Gasteiger partial charge in [0, 0.05) is 29.4 Å². The fraction of sp³-hybridized carbons (Fsp3) is 0.222. The van der Waals surface area contributed by atoms with Gasteiger partial charge in [-0.05, 0) is 34.9 Å². The van der Waals surface area contributed by atoms with Crippen molar-refractivity contribution in [2.24, 2.45) is 0 Å². The van der Waals surface area contributed by atoms with Crippen LogP contribution in [0.5, 0.6) is 11.5 Å². The molecule has 1 aliphatic heterocycles. The van der Waals surface area contributed by atoms with Crippen molar-refractivity contribution < 1.29 is 9.84 Å². The molecule has 0 fully saturated rings. The molecular formula is C18H17NO2. The molecule has 1 atom stereocenters. The molecule has 2 heterocycles. The van der Waals surface area contributed by atoms with Crippen LogP contribution in [0.4, 0.5) is 0 Å². The highest BCUT2D eigenvalue weighted by Crippen LogP contribution is 2.37. The molecule has 3 nitrogen and oxygen atoms in total. The highest BCUT2D eigenvalue weighted by molar-refractivity contribution is 5.89. The Hall–Kier alpha value is -2.42. The number of H-pyrrole nitrogens is 1. The third-order valence-electron chi connectivity index (χ3n) is 4.39. The molecule has 2 aromatic carbocycles. The maximum absolute atomic E-state index is 10.2. The minimum absolute atomic E-state index is 0.220. The van der Waals surface area contributed by atoms with Crippen molar-refractivity contribution in [3.63, 3.8) is 0 Å². The predicted octanol–water partition coefficient (Wildman–Crippen LogP) is 3.96. The van der Waals surface area contributed by atoms with E-state index in [-0.39, 0.29) is 5.92 Å². The number of aromatic nitrogens is 1. The second-order valence-electron chi connectivity index (χ2n) is 5.63. The molecule has 1 aromatic heterocycles. The summed E-state index contributed by atoms with van der Waals surface area (Å²) in [5.74, 6) is 1.56. The number of hydrogen-bond acceptors (Lipinski definition) is 2. The Morgan fingerprint density at radius 1 is 1.24 bits per heavy atom. The quantitative estimate of drug-likeness (QED) is 0.745. The molecule has 0 amide bonds. The van der Waals surface area contributed by atoms with Gasteiger partial charge in [0.2, 0.25) is 0 Å². The zero-order chi connectivity index (χ0) is 14.4. The number of nitrogens with one attached hydrogen (secondary N) is 1. The monoisotopic (exact) mass is 279 g/mol. The molecule has 106 valence electrons. The summed E-state index contributed by atoms with van der Waals surface area (Å²) < 4.78 is 5.57. The minimum Gasteiger partial charge on any atom is -0.507 e. The van der Waals surface area contributed by atoms with Crippen LogP contribution in [0.25, 0.3) is 10.9 Å². The fourth-order valence-electron chi connectivity index (χ4n) is 3.19. The number of ether oxygens (including phenoxy) is 1. The number of benzene rings is 2. The first-order chi connectivity index (χ1) is 10.2. The van der Waals surface area contributed by atoms with E-state index in [0.717, 1.165) is 35.2 Å². The molecule has 0 saturated carbocycles. The molecule has 0 aliphatic carbocycles. The SMILES string of the molecule is CC(c1ccc2c(c1)CCO2)c1c[nH]c2cccc(O)c12. The van der Waals surface area contributed by atoms with Crippen LogP contribution in [0, 0.1) is 0 Å². The summed E-state index contributed by atoms with van der Waals surface area (Å²) in [6.45, 7) is 2.95. The lowest BCUT2D eigenvalue weighted by Gasteiger charge is -2.13. The standard InChI is InChI=1S/C18H17NO2/c1-11(12-5-6-17-13(9-12)7-8-21-17)14-10-19-15-3-2-4-16(20)18(14)15/h2-6,9-11,19-20H,7-8H2,1H3. The third kappa shape index (κ3) is 1.88. The minimum atomic E-state index is 0.220. The van der Waals surface area contributed by atoms with E-state index >= 15 is 0 Å². The van der Waals surface area contributed by atoms with Gasteiger partial charge in [-0.25, -0.2) is 0 Å². The maximum Gasteiger partial charge on any atom is 0.125 e. The van der Waals surface area contributed by atoms with Crippen LogP contribution in [0.3, 0.4) is 0 Å². The van der Waals surface area contributed by atoms with Crippen molar-refractivity contribution in [3.05, 3.63) is 59.3 Å². The number of fused-ring (bicyclic) bond motifs is 2. The largest absolute Gasteiger partial charge is 0.507 e. The molecule has 2 N–H and O–H groups in total. The van der Waals surface area contributed by atoms with Gasteiger partial charge in [0.25, 0.3) is 0 Å². The van der Waals surface area contributed by atoms with Crippen LogP contribution in [0.2, 0.25) is 0 Å². The number of rotatable bonds is 2. The summed E-state index contributed by atoms with van der Waals surface area (Å²) in [4.78, 5) is 3.25. The number of hydrogen-bond donors (Lipinski definition) is 2. The predicted molar refractivity (Wildman–Crippen MR) is 83.1 cm³/mol. The van der Waals surface area contributed by atoms with E-state index in [4.69, 9.17) is 4.74 Å². The van der Waals surface area contributed by atoms with Crippen LogP contribution in [0.1, 0.15) is 29.5 Å². The van der Waals surface area contributed by atoms with E-state index in [1.807, 2.05) is 18.3 Å². The van der Waals surface area contributed by atoms with Crippen LogP contribution in [-0.2, 0) is 6.42 Å². The maximum atomic E-state index is 10.2. The lowest BCUT2D eigenvalue weighted by molar-refractivity contribution is 0.357. The Kier molecular flexibility index (Phi) is 2.67. The molecular weight excluding hydrogens is 262 g/mol. The smallest absolute Gasteiger partial charge is 0.125 e. The van der Waals surface area contributed by atoms with E-state index in [1.165, 1.54) is 11.1 Å². The third-order valence-corrected chi connectivity index (χ3v) is 4.39. The average Bonchev–Trinajstić information content (AvgIpc) is 3.13. The van der Waals surface area contributed by atoms with Gasteiger partial charge in [-0.1, -0.05) is 25.1 Å². The molecule has 0 saturated heterocycles. The van der Waals surface area contributed by atoms with Gasteiger partial charge in [-0.2, -0.15) is 0 Å².